The quantitative estimate of drug-likeness (QED) is 0.706. The Morgan fingerprint density at radius 3 is 2.58 bits per heavy atom. The molecule has 1 aromatic heterocycles. The number of likely N-dealkylation sites (tertiary alicyclic amines) is 1. The number of amides is 1. The Balaban J connectivity index is 1.15. The SMILES string of the molecule is O=C(O)C1=CC=CCN1C1CCc2ccc(C(=O)N3CCC4(CCN(c5ccncc5)CC4)C3)cc21. The van der Waals surface area contributed by atoms with Crippen molar-refractivity contribution in [3.63, 3.8) is 0 Å². The van der Waals surface area contributed by atoms with Crippen LogP contribution >= 0.6 is 0 Å². The standard InChI is InChI=1S/C29H32N4O3/c34-27(32-18-12-29(20-32)10-16-31(17-11-29)23-8-13-30-14-9-23)22-5-4-21-6-7-25(24(21)19-22)33-15-2-1-3-26(33)28(35)36/h1-5,8-9,13-14,19,25H,6-7,10-12,15-18,20H2,(H,35,36). The Bertz CT molecular complexity index is 1230. The third-order valence-electron chi connectivity index (χ3n) is 8.61. The first-order valence-electron chi connectivity index (χ1n) is 13.0. The Kier molecular flexibility index (Phi) is 5.78. The highest BCUT2D eigenvalue weighted by atomic mass is 16.4. The van der Waals surface area contributed by atoms with Crippen molar-refractivity contribution in [2.75, 3.05) is 37.6 Å². The maximum Gasteiger partial charge on any atom is 0.352 e. The molecule has 186 valence electrons. The van der Waals surface area contributed by atoms with E-state index < -0.39 is 5.97 Å². The van der Waals surface area contributed by atoms with E-state index >= 15 is 0 Å². The lowest BCUT2D eigenvalue weighted by Gasteiger charge is -2.40. The number of aryl methyl sites for hydroxylation is 1. The van der Waals surface area contributed by atoms with Gasteiger partial charge in [0.1, 0.15) is 5.70 Å². The van der Waals surface area contributed by atoms with Crippen LogP contribution in [0.2, 0.25) is 0 Å². The van der Waals surface area contributed by atoms with Crippen molar-refractivity contribution < 1.29 is 14.7 Å². The molecule has 2 aromatic rings. The summed E-state index contributed by atoms with van der Waals surface area (Å²) in [5.74, 6) is -0.804. The van der Waals surface area contributed by atoms with E-state index in [1.807, 2.05) is 40.4 Å². The zero-order valence-corrected chi connectivity index (χ0v) is 20.5. The normalized spacial score (nSPS) is 22.6. The van der Waals surface area contributed by atoms with Gasteiger partial charge in [0.25, 0.3) is 5.91 Å². The maximum absolute atomic E-state index is 13.6. The number of carboxylic acids is 1. The number of carboxylic acid groups (broad SMARTS) is 1. The first kappa shape index (κ1) is 22.8. The average molecular weight is 485 g/mol. The number of pyridine rings is 1. The first-order chi connectivity index (χ1) is 17.5. The number of aliphatic carboxylic acids is 1. The van der Waals surface area contributed by atoms with Gasteiger partial charge in [-0.1, -0.05) is 18.2 Å². The van der Waals surface area contributed by atoms with Crippen molar-refractivity contribution >= 4 is 17.6 Å². The Labute approximate surface area is 211 Å². The largest absolute Gasteiger partial charge is 0.477 e. The molecule has 2 fully saturated rings. The zero-order chi connectivity index (χ0) is 24.7. The fourth-order valence-corrected chi connectivity index (χ4v) is 6.55. The van der Waals surface area contributed by atoms with Gasteiger partial charge in [-0.15, -0.1) is 0 Å². The van der Waals surface area contributed by atoms with Crippen molar-refractivity contribution in [1.82, 2.24) is 14.8 Å². The zero-order valence-electron chi connectivity index (χ0n) is 20.5. The van der Waals surface area contributed by atoms with E-state index in [1.165, 1.54) is 11.3 Å². The van der Waals surface area contributed by atoms with Crippen LogP contribution in [0.3, 0.4) is 0 Å². The number of benzene rings is 1. The molecule has 4 aliphatic rings. The minimum Gasteiger partial charge on any atom is -0.477 e. The molecule has 1 unspecified atom stereocenters. The van der Waals surface area contributed by atoms with Crippen LogP contribution in [0.4, 0.5) is 5.69 Å². The van der Waals surface area contributed by atoms with Crippen molar-refractivity contribution in [3.05, 3.63) is 83.3 Å². The monoisotopic (exact) mass is 484 g/mol. The van der Waals surface area contributed by atoms with Gasteiger partial charge in [-0.3, -0.25) is 9.78 Å². The van der Waals surface area contributed by atoms with Gasteiger partial charge in [0.15, 0.2) is 0 Å². The molecule has 7 nitrogen and oxygen atoms in total. The summed E-state index contributed by atoms with van der Waals surface area (Å²) in [4.78, 5) is 36.0. The van der Waals surface area contributed by atoms with E-state index in [1.54, 1.807) is 12.2 Å². The minimum atomic E-state index is -0.905. The highest BCUT2D eigenvalue weighted by molar-refractivity contribution is 5.95. The minimum absolute atomic E-state index is 0.0116. The molecule has 2 saturated heterocycles. The topological polar surface area (TPSA) is 77.0 Å². The highest BCUT2D eigenvalue weighted by Gasteiger charge is 2.42. The predicted molar refractivity (Wildman–Crippen MR) is 138 cm³/mol. The third kappa shape index (κ3) is 4.06. The molecule has 0 saturated carbocycles. The number of hydrogen-bond acceptors (Lipinski definition) is 5. The fraction of sp³-hybridized carbons (Fsp3) is 0.414. The predicted octanol–water partition coefficient (Wildman–Crippen LogP) is 4.04. The van der Waals surface area contributed by atoms with Crippen LogP contribution in [-0.2, 0) is 11.2 Å². The van der Waals surface area contributed by atoms with Gasteiger partial charge in [-0.05, 0) is 79.0 Å². The van der Waals surface area contributed by atoms with Crippen LogP contribution in [0.1, 0.15) is 53.2 Å². The van der Waals surface area contributed by atoms with Gasteiger partial charge >= 0.3 is 5.97 Å². The molecule has 6 rings (SSSR count). The number of rotatable bonds is 4. The van der Waals surface area contributed by atoms with Crippen LogP contribution in [-0.4, -0.2) is 64.5 Å². The number of anilines is 1. The number of fused-ring (bicyclic) bond motifs is 1. The smallest absolute Gasteiger partial charge is 0.352 e. The lowest BCUT2D eigenvalue weighted by molar-refractivity contribution is -0.134. The molecule has 1 aliphatic carbocycles. The second-order valence-electron chi connectivity index (χ2n) is 10.6. The Hall–Kier alpha value is -3.61. The lowest BCUT2D eigenvalue weighted by atomic mass is 9.77. The van der Waals surface area contributed by atoms with Crippen molar-refractivity contribution in [1.29, 1.82) is 0 Å². The molecule has 1 spiro atoms. The molecule has 36 heavy (non-hydrogen) atoms. The maximum atomic E-state index is 13.6. The summed E-state index contributed by atoms with van der Waals surface area (Å²) in [5.41, 5.74) is 4.80. The average Bonchev–Trinajstić information content (AvgIpc) is 3.53. The summed E-state index contributed by atoms with van der Waals surface area (Å²) in [5, 5.41) is 9.70. The van der Waals surface area contributed by atoms with Gasteiger partial charge in [-0.2, -0.15) is 0 Å². The number of piperidine rings is 1. The summed E-state index contributed by atoms with van der Waals surface area (Å²) in [6.45, 7) is 4.22. The molecular weight excluding hydrogens is 452 g/mol. The number of aromatic nitrogens is 1. The molecule has 1 aromatic carbocycles. The number of nitrogens with zero attached hydrogens (tertiary/aromatic N) is 4. The van der Waals surface area contributed by atoms with Crippen LogP contribution in [0, 0.1) is 5.41 Å². The van der Waals surface area contributed by atoms with Crippen LogP contribution in [0.5, 0.6) is 0 Å². The molecule has 3 aliphatic heterocycles. The molecule has 1 N–H and O–H groups in total. The summed E-state index contributed by atoms with van der Waals surface area (Å²) >= 11 is 0. The molecule has 7 heteroatoms. The summed E-state index contributed by atoms with van der Waals surface area (Å²) in [6.07, 6.45) is 14.2. The molecule has 0 radical (unpaired) electrons. The molecular formula is C29H32N4O3. The fourth-order valence-electron chi connectivity index (χ4n) is 6.55. The lowest BCUT2D eigenvalue weighted by Crippen LogP contribution is -2.42. The molecule has 0 bridgehead atoms. The highest BCUT2D eigenvalue weighted by Crippen LogP contribution is 2.43. The first-order valence-corrected chi connectivity index (χ1v) is 13.0. The van der Waals surface area contributed by atoms with Crippen LogP contribution in [0.25, 0.3) is 0 Å². The Morgan fingerprint density at radius 1 is 1.03 bits per heavy atom. The van der Waals surface area contributed by atoms with E-state index in [9.17, 15) is 14.7 Å². The van der Waals surface area contributed by atoms with Gasteiger partial charge in [0.05, 0.1) is 6.04 Å². The van der Waals surface area contributed by atoms with Crippen LogP contribution < -0.4 is 4.90 Å². The van der Waals surface area contributed by atoms with Crippen LogP contribution in [0.15, 0.2) is 66.7 Å². The van der Waals surface area contributed by atoms with Crippen molar-refractivity contribution in [3.8, 4) is 0 Å². The Morgan fingerprint density at radius 2 is 1.81 bits per heavy atom. The van der Waals surface area contributed by atoms with E-state index in [-0.39, 0.29) is 17.4 Å². The van der Waals surface area contributed by atoms with Crippen molar-refractivity contribution in [2.24, 2.45) is 5.41 Å². The van der Waals surface area contributed by atoms with Gasteiger partial charge in [-0.25, -0.2) is 4.79 Å². The number of hydrogen-bond donors (Lipinski definition) is 1. The number of carbonyl (C=O) groups is 2. The molecule has 4 heterocycles. The van der Waals surface area contributed by atoms with E-state index in [4.69, 9.17) is 0 Å². The molecule has 1 atom stereocenters. The summed E-state index contributed by atoms with van der Waals surface area (Å²) < 4.78 is 0. The number of allylic oxidation sites excluding steroid dienone is 2. The van der Waals surface area contributed by atoms with Gasteiger partial charge < -0.3 is 19.8 Å². The van der Waals surface area contributed by atoms with Gasteiger partial charge in [0, 0.05) is 56.4 Å². The summed E-state index contributed by atoms with van der Waals surface area (Å²) in [6, 6.07) is 10.2. The molecule has 1 amide bonds. The van der Waals surface area contributed by atoms with Gasteiger partial charge in [0.2, 0.25) is 0 Å². The summed E-state index contributed by atoms with van der Waals surface area (Å²) in [7, 11) is 0. The van der Waals surface area contributed by atoms with E-state index in [2.05, 4.69) is 28.1 Å². The second kappa shape index (κ2) is 9.12. The van der Waals surface area contributed by atoms with E-state index in [0.717, 1.165) is 69.4 Å². The number of carbonyl (C=O) groups excluding carboxylic acids is 1. The third-order valence-corrected chi connectivity index (χ3v) is 8.61. The second-order valence-corrected chi connectivity index (χ2v) is 10.6. The van der Waals surface area contributed by atoms with E-state index in [0.29, 0.717) is 12.2 Å². The van der Waals surface area contributed by atoms with Crippen molar-refractivity contribution in [2.45, 2.75) is 38.1 Å².